The number of nitrogens with zero attached hydrogens (tertiary/aromatic N) is 1. The molecule has 0 radical (unpaired) electrons. The first kappa shape index (κ1) is 19.9. The van der Waals surface area contributed by atoms with E-state index in [9.17, 15) is 4.79 Å². The largest absolute Gasteiger partial charge is 0.492 e. The predicted molar refractivity (Wildman–Crippen MR) is 102 cm³/mol. The zero-order valence-electron chi connectivity index (χ0n) is 15.1. The molecule has 2 amide bonds. The molecule has 1 aromatic rings. The highest BCUT2D eigenvalue weighted by atomic mass is 35.5. The van der Waals surface area contributed by atoms with Gasteiger partial charge in [-0.15, -0.1) is 0 Å². The maximum Gasteiger partial charge on any atom is 0.314 e. The molecule has 6 heteroatoms. The van der Waals surface area contributed by atoms with Gasteiger partial charge >= 0.3 is 6.03 Å². The molecule has 5 nitrogen and oxygen atoms in total. The van der Waals surface area contributed by atoms with Crippen LogP contribution in [-0.4, -0.2) is 50.3 Å². The first-order valence-electron chi connectivity index (χ1n) is 9.26. The van der Waals surface area contributed by atoms with Gasteiger partial charge in [-0.2, -0.15) is 0 Å². The van der Waals surface area contributed by atoms with Gasteiger partial charge in [-0.25, -0.2) is 4.79 Å². The van der Waals surface area contributed by atoms with Crippen LogP contribution >= 0.6 is 11.6 Å². The summed E-state index contributed by atoms with van der Waals surface area (Å²) in [6, 6.07) is 7.09. The number of piperidine rings is 1. The normalized spacial score (nSPS) is 15.8. The van der Waals surface area contributed by atoms with Gasteiger partial charge in [-0.3, -0.25) is 0 Å². The van der Waals surface area contributed by atoms with E-state index in [1.165, 1.54) is 25.9 Å². The lowest BCUT2D eigenvalue weighted by Gasteiger charge is -2.30. The van der Waals surface area contributed by atoms with Crippen LogP contribution in [0.25, 0.3) is 0 Å². The zero-order chi connectivity index (χ0) is 17.9. The predicted octanol–water partition coefficient (Wildman–Crippen LogP) is 3.53. The number of benzene rings is 1. The summed E-state index contributed by atoms with van der Waals surface area (Å²) >= 11 is 5.88. The number of hydrogen-bond donors (Lipinski definition) is 2. The van der Waals surface area contributed by atoms with Crippen LogP contribution in [0.5, 0.6) is 5.75 Å². The third-order valence-electron chi connectivity index (χ3n) is 4.52. The number of carbonyl (C=O) groups excluding carboxylic acids is 1. The lowest BCUT2D eigenvalue weighted by molar-refractivity contribution is 0.189. The standard InChI is InChI=1S/C19H30ClN3O2/c1-16-7-12-23(13-8-16)11-3-2-9-21-19(24)22-10-14-25-18-6-4-5-17(20)15-18/h4-6,15-16H,2-3,7-14H2,1H3,(H2,21,22,24). The molecule has 1 saturated heterocycles. The number of urea groups is 1. The van der Waals surface area contributed by atoms with Gasteiger partial charge in [0.1, 0.15) is 12.4 Å². The number of halogens is 1. The van der Waals surface area contributed by atoms with E-state index in [0.717, 1.165) is 25.3 Å². The van der Waals surface area contributed by atoms with Crippen LogP contribution in [0.4, 0.5) is 4.79 Å². The SMILES string of the molecule is CC1CCN(CCCCNC(=O)NCCOc2cccc(Cl)c2)CC1. The topological polar surface area (TPSA) is 53.6 Å². The van der Waals surface area contributed by atoms with Crippen molar-refractivity contribution in [2.45, 2.75) is 32.6 Å². The Hall–Kier alpha value is -1.46. The fraction of sp³-hybridized carbons (Fsp3) is 0.632. The second-order valence-corrected chi connectivity index (χ2v) is 7.16. The van der Waals surface area contributed by atoms with E-state index >= 15 is 0 Å². The van der Waals surface area contributed by atoms with Crippen molar-refractivity contribution >= 4 is 17.6 Å². The van der Waals surface area contributed by atoms with E-state index in [4.69, 9.17) is 16.3 Å². The molecule has 0 atom stereocenters. The molecule has 25 heavy (non-hydrogen) atoms. The maximum atomic E-state index is 11.7. The number of carbonyl (C=O) groups is 1. The van der Waals surface area contributed by atoms with E-state index in [0.29, 0.717) is 30.5 Å². The molecule has 1 heterocycles. The van der Waals surface area contributed by atoms with Crippen molar-refractivity contribution in [2.24, 2.45) is 5.92 Å². The number of rotatable bonds is 9. The second kappa shape index (κ2) is 11.2. The van der Waals surface area contributed by atoms with Gasteiger partial charge in [0.05, 0.1) is 6.54 Å². The molecule has 140 valence electrons. The van der Waals surface area contributed by atoms with Crippen LogP contribution in [0.15, 0.2) is 24.3 Å². The fourth-order valence-electron chi connectivity index (χ4n) is 2.90. The molecule has 0 bridgehead atoms. The van der Waals surface area contributed by atoms with Crippen molar-refractivity contribution in [2.75, 3.05) is 39.3 Å². The van der Waals surface area contributed by atoms with Gasteiger partial charge < -0.3 is 20.3 Å². The summed E-state index contributed by atoms with van der Waals surface area (Å²) in [5.74, 6) is 1.59. The Kier molecular flexibility index (Phi) is 8.91. The summed E-state index contributed by atoms with van der Waals surface area (Å²) in [5.41, 5.74) is 0. The highest BCUT2D eigenvalue weighted by Gasteiger charge is 2.14. The molecule has 0 saturated carbocycles. The highest BCUT2D eigenvalue weighted by Crippen LogP contribution is 2.17. The smallest absolute Gasteiger partial charge is 0.314 e. The Balaban J connectivity index is 1.43. The van der Waals surface area contributed by atoms with E-state index in [-0.39, 0.29) is 6.03 Å². The van der Waals surface area contributed by atoms with Crippen molar-refractivity contribution in [3.05, 3.63) is 29.3 Å². The molecule has 2 N–H and O–H groups in total. The molecule has 0 aromatic heterocycles. The summed E-state index contributed by atoms with van der Waals surface area (Å²) < 4.78 is 5.52. The minimum Gasteiger partial charge on any atom is -0.492 e. The molecule has 1 aliphatic heterocycles. The number of unbranched alkanes of at least 4 members (excludes halogenated alkanes) is 1. The molecule has 1 fully saturated rings. The first-order chi connectivity index (χ1) is 12.1. The third-order valence-corrected chi connectivity index (χ3v) is 4.75. The van der Waals surface area contributed by atoms with Crippen LogP contribution in [0, 0.1) is 5.92 Å². The van der Waals surface area contributed by atoms with Gasteiger partial charge in [0.15, 0.2) is 0 Å². The molecular formula is C19H30ClN3O2. The molecule has 2 rings (SSSR count). The quantitative estimate of drug-likeness (QED) is 0.656. The average Bonchev–Trinajstić information content (AvgIpc) is 2.60. The molecule has 0 unspecified atom stereocenters. The summed E-state index contributed by atoms with van der Waals surface area (Å²) in [5, 5.41) is 6.33. The van der Waals surface area contributed by atoms with Crippen molar-refractivity contribution < 1.29 is 9.53 Å². The van der Waals surface area contributed by atoms with Crippen molar-refractivity contribution in [3.8, 4) is 5.75 Å². The molecule has 1 aromatic carbocycles. The van der Waals surface area contributed by atoms with Crippen LogP contribution in [-0.2, 0) is 0 Å². The summed E-state index contributed by atoms with van der Waals surface area (Å²) in [6.07, 6.45) is 4.78. The average molecular weight is 368 g/mol. The maximum absolute atomic E-state index is 11.7. The number of hydrogen-bond acceptors (Lipinski definition) is 3. The zero-order valence-corrected chi connectivity index (χ0v) is 15.9. The fourth-order valence-corrected chi connectivity index (χ4v) is 3.08. The number of ether oxygens (including phenoxy) is 1. The minimum absolute atomic E-state index is 0.138. The first-order valence-corrected chi connectivity index (χ1v) is 9.63. The van der Waals surface area contributed by atoms with Crippen molar-refractivity contribution in [3.63, 3.8) is 0 Å². The van der Waals surface area contributed by atoms with Crippen molar-refractivity contribution in [1.29, 1.82) is 0 Å². The minimum atomic E-state index is -0.138. The Labute approximate surface area is 156 Å². The molecule has 1 aliphatic rings. The van der Waals surface area contributed by atoms with Gasteiger partial charge in [-0.1, -0.05) is 24.6 Å². The Bertz CT molecular complexity index is 519. The summed E-state index contributed by atoms with van der Waals surface area (Å²) in [6.45, 7) is 7.52. The van der Waals surface area contributed by atoms with Crippen LogP contribution < -0.4 is 15.4 Å². The second-order valence-electron chi connectivity index (χ2n) is 6.72. The third kappa shape index (κ3) is 8.45. The van der Waals surface area contributed by atoms with Gasteiger partial charge in [0, 0.05) is 11.6 Å². The highest BCUT2D eigenvalue weighted by molar-refractivity contribution is 6.30. The van der Waals surface area contributed by atoms with E-state index in [2.05, 4.69) is 22.5 Å². The van der Waals surface area contributed by atoms with Gasteiger partial charge in [0.2, 0.25) is 0 Å². The molecule has 0 aliphatic carbocycles. The Morgan fingerprint density at radius 3 is 2.76 bits per heavy atom. The molecular weight excluding hydrogens is 338 g/mol. The lowest BCUT2D eigenvalue weighted by Crippen LogP contribution is -2.38. The molecule has 0 spiro atoms. The summed E-state index contributed by atoms with van der Waals surface area (Å²) in [4.78, 5) is 14.2. The van der Waals surface area contributed by atoms with Crippen LogP contribution in [0.1, 0.15) is 32.6 Å². The van der Waals surface area contributed by atoms with Gasteiger partial charge in [-0.05, 0) is 69.4 Å². The van der Waals surface area contributed by atoms with Gasteiger partial charge in [0.25, 0.3) is 0 Å². The van der Waals surface area contributed by atoms with E-state index in [1.807, 2.05) is 12.1 Å². The Morgan fingerprint density at radius 1 is 1.24 bits per heavy atom. The Morgan fingerprint density at radius 2 is 2.00 bits per heavy atom. The summed E-state index contributed by atoms with van der Waals surface area (Å²) in [7, 11) is 0. The van der Waals surface area contributed by atoms with E-state index < -0.39 is 0 Å². The lowest BCUT2D eigenvalue weighted by atomic mass is 9.99. The number of likely N-dealkylation sites (tertiary alicyclic amines) is 1. The number of nitrogens with one attached hydrogen (secondary N) is 2. The van der Waals surface area contributed by atoms with Crippen LogP contribution in [0.3, 0.4) is 0 Å². The monoisotopic (exact) mass is 367 g/mol. The van der Waals surface area contributed by atoms with Crippen molar-refractivity contribution in [1.82, 2.24) is 15.5 Å². The number of amides is 2. The van der Waals surface area contributed by atoms with E-state index in [1.54, 1.807) is 12.1 Å². The van der Waals surface area contributed by atoms with Crippen LogP contribution in [0.2, 0.25) is 5.02 Å².